The van der Waals surface area contributed by atoms with Crippen LogP contribution in [0, 0.1) is 0 Å². The monoisotopic (exact) mass is 150 g/mol. The summed E-state index contributed by atoms with van der Waals surface area (Å²) in [6, 6.07) is 0. The van der Waals surface area contributed by atoms with Gasteiger partial charge in [-0.3, -0.25) is 0 Å². The summed E-state index contributed by atoms with van der Waals surface area (Å²) in [5, 5.41) is 8.52. The Bertz CT molecular complexity index is 112. The van der Waals surface area contributed by atoms with Crippen LogP contribution in [0.4, 0.5) is 0 Å². The average Bonchev–Trinajstić information content (AvgIpc) is 1.86. The molecule has 0 aliphatic rings. The van der Waals surface area contributed by atoms with E-state index in [2.05, 4.69) is 18.4 Å². The quantitative estimate of drug-likeness (QED) is 0.470. The third-order valence-electron chi connectivity index (χ3n) is 1.43. The molecule has 4 N–H and O–H groups in total. The van der Waals surface area contributed by atoms with Gasteiger partial charge in [-0.15, -0.1) is 0 Å². The topological polar surface area (TPSA) is 64.9 Å². The molecule has 0 heterocycles. The van der Waals surface area contributed by atoms with Gasteiger partial charge in [-0.05, 0) is 0 Å². The van der Waals surface area contributed by atoms with Crippen molar-refractivity contribution in [3.63, 3.8) is 0 Å². The summed E-state index contributed by atoms with van der Waals surface area (Å²) in [5.41, 5.74) is 2.64. The standard InChI is InChI=1S/C5H11NO2S/c1-2-5(6,3-9)4(7)8/h9H,2-3,6H2,1H3,(H,7,8)/p+1. The van der Waals surface area contributed by atoms with Crippen LogP contribution >= 0.6 is 12.6 Å². The molecule has 0 rings (SSSR count). The maximum absolute atomic E-state index is 10.4. The van der Waals surface area contributed by atoms with E-state index in [9.17, 15) is 4.79 Å². The molecule has 4 heteroatoms. The first kappa shape index (κ1) is 8.78. The van der Waals surface area contributed by atoms with Crippen molar-refractivity contribution < 1.29 is 15.6 Å². The SMILES string of the molecule is CCC([NH3+])(CS)C(=O)O. The number of rotatable bonds is 3. The summed E-state index contributed by atoms with van der Waals surface area (Å²) >= 11 is 3.88. The van der Waals surface area contributed by atoms with Gasteiger partial charge in [0.1, 0.15) is 0 Å². The molecule has 0 bridgehead atoms. The highest BCUT2D eigenvalue weighted by Gasteiger charge is 2.34. The largest absolute Gasteiger partial charge is 0.477 e. The first-order valence-electron chi connectivity index (χ1n) is 2.76. The number of hydrogen-bond donors (Lipinski definition) is 3. The Hall–Kier alpha value is -0.220. The van der Waals surface area contributed by atoms with E-state index in [4.69, 9.17) is 5.11 Å². The van der Waals surface area contributed by atoms with E-state index in [1.54, 1.807) is 6.92 Å². The zero-order valence-corrected chi connectivity index (χ0v) is 6.32. The minimum absolute atomic E-state index is 0.291. The average molecular weight is 150 g/mol. The molecule has 0 aromatic heterocycles. The molecule has 0 amide bonds. The van der Waals surface area contributed by atoms with Crippen molar-refractivity contribution in [3.8, 4) is 0 Å². The van der Waals surface area contributed by atoms with Crippen LogP contribution in [0.25, 0.3) is 0 Å². The zero-order chi connectivity index (χ0) is 7.49. The second-order valence-electron chi connectivity index (χ2n) is 2.10. The first-order chi connectivity index (χ1) is 4.06. The summed E-state index contributed by atoms with van der Waals surface area (Å²) in [6.45, 7) is 1.79. The third-order valence-corrected chi connectivity index (χ3v) is 2.04. The fourth-order valence-electron chi connectivity index (χ4n) is 0.331. The molecular weight excluding hydrogens is 138 g/mol. The van der Waals surface area contributed by atoms with Gasteiger partial charge in [0.2, 0.25) is 5.54 Å². The van der Waals surface area contributed by atoms with Crippen molar-refractivity contribution in [3.05, 3.63) is 0 Å². The second kappa shape index (κ2) is 3.08. The minimum atomic E-state index is -0.886. The van der Waals surface area contributed by atoms with Gasteiger partial charge >= 0.3 is 5.97 Å². The minimum Gasteiger partial charge on any atom is -0.477 e. The number of carboxylic acids is 1. The molecule has 0 aliphatic heterocycles. The van der Waals surface area contributed by atoms with Crippen LogP contribution < -0.4 is 5.73 Å². The third kappa shape index (κ3) is 1.87. The predicted molar refractivity (Wildman–Crippen MR) is 37.4 cm³/mol. The van der Waals surface area contributed by atoms with Crippen molar-refractivity contribution in [1.29, 1.82) is 0 Å². The van der Waals surface area contributed by atoms with Crippen molar-refractivity contribution in [2.24, 2.45) is 0 Å². The highest BCUT2D eigenvalue weighted by atomic mass is 32.1. The Morgan fingerprint density at radius 1 is 1.89 bits per heavy atom. The number of hydrogen-bond acceptors (Lipinski definition) is 2. The number of carbonyl (C=O) groups is 1. The molecule has 0 fully saturated rings. The fraction of sp³-hybridized carbons (Fsp3) is 0.800. The van der Waals surface area contributed by atoms with Gasteiger partial charge < -0.3 is 10.8 Å². The Kier molecular flexibility index (Phi) is 3.00. The molecule has 0 radical (unpaired) electrons. The zero-order valence-electron chi connectivity index (χ0n) is 5.42. The molecule has 9 heavy (non-hydrogen) atoms. The maximum Gasteiger partial charge on any atom is 0.366 e. The Morgan fingerprint density at radius 3 is 2.33 bits per heavy atom. The van der Waals surface area contributed by atoms with Crippen LogP contribution in [0.5, 0.6) is 0 Å². The fourth-order valence-corrected chi connectivity index (χ4v) is 0.690. The van der Waals surface area contributed by atoms with E-state index in [-0.39, 0.29) is 0 Å². The van der Waals surface area contributed by atoms with Crippen molar-refractivity contribution in [2.45, 2.75) is 18.9 Å². The number of carboxylic acid groups (broad SMARTS) is 1. The molecule has 0 spiro atoms. The van der Waals surface area contributed by atoms with E-state index in [1.165, 1.54) is 0 Å². The Labute approximate surface area is 59.6 Å². The van der Waals surface area contributed by atoms with E-state index >= 15 is 0 Å². The summed E-state index contributed by atoms with van der Waals surface area (Å²) in [4.78, 5) is 10.4. The van der Waals surface area contributed by atoms with Gasteiger partial charge in [-0.25, -0.2) is 4.79 Å². The normalized spacial score (nSPS) is 16.8. The molecule has 0 saturated heterocycles. The van der Waals surface area contributed by atoms with Crippen LogP contribution in [0.1, 0.15) is 13.3 Å². The van der Waals surface area contributed by atoms with Gasteiger partial charge in [0.15, 0.2) is 0 Å². The van der Waals surface area contributed by atoms with E-state index in [0.29, 0.717) is 12.2 Å². The molecule has 54 valence electrons. The van der Waals surface area contributed by atoms with Crippen molar-refractivity contribution in [2.75, 3.05) is 5.75 Å². The molecule has 3 nitrogen and oxygen atoms in total. The van der Waals surface area contributed by atoms with Gasteiger partial charge in [0, 0.05) is 6.42 Å². The lowest BCUT2D eigenvalue weighted by atomic mass is 10.0. The van der Waals surface area contributed by atoms with E-state index in [1.807, 2.05) is 0 Å². The van der Waals surface area contributed by atoms with Crippen LogP contribution in [-0.2, 0) is 4.79 Å². The smallest absolute Gasteiger partial charge is 0.366 e. The van der Waals surface area contributed by atoms with Gasteiger partial charge in [0.25, 0.3) is 0 Å². The first-order valence-corrected chi connectivity index (χ1v) is 3.39. The van der Waals surface area contributed by atoms with E-state index in [0.717, 1.165) is 0 Å². The Morgan fingerprint density at radius 2 is 2.33 bits per heavy atom. The molecule has 1 atom stereocenters. The van der Waals surface area contributed by atoms with Crippen molar-refractivity contribution in [1.82, 2.24) is 0 Å². The lowest BCUT2D eigenvalue weighted by Crippen LogP contribution is -2.77. The highest BCUT2D eigenvalue weighted by molar-refractivity contribution is 7.80. The lowest BCUT2D eigenvalue weighted by molar-refractivity contribution is -0.454. The number of thiol groups is 1. The molecule has 1 unspecified atom stereocenters. The second-order valence-corrected chi connectivity index (χ2v) is 2.41. The summed E-state index contributed by atoms with van der Waals surface area (Å²) in [6.07, 6.45) is 0.520. The Balaban J connectivity index is 4.09. The van der Waals surface area contributed by atoms with Gasteiger partial charge in [0.05, 0.1) is 5.75 Å². The number of aliphatic carboxylic acids is 1. The van der Waals surface area contributed by atoms with E-state index < -0.39 is 11.5 Å². The van der Waals surface area contributed by atoms with Gasteiger partial charge in [-0.2, -0.15) is 12.6 Å². The van der Waals surface area contributed by atoms with Gasteiger partial charge in [-0.1, -0.05) is 6.92 Å². The highest BCUT2D eigenvalue weighted by Crippen LogP contribution is 2.04. The lowest BCUT2D eigenvalue weighted by Gasteiger charge is -2.14. The van der Waals surface area contributed by atoms with Crippen LogP contribution in [0.15, 0.2) is 0 Å². The summed E-state index contributed by atoms with van der Waals surface area (Å²) in [7, 11) is 0. The van der Waals surface area contributed by atoms with Crippen LogP contribution in [-0.4, -0.2) is 22.4 Å². The molecule has 0 saturated carbocycles. The molecule has 0 aliphatic carbocycles. The van der Waals surface area contributed by atoms with Crippen LogP contribution in [0.3, 0.4) is 0 Å². The van der Waals surface area contributed by atoms with Crippen molar-refractivity contribution >= 4 is 18.6 Å². The summed E-state index contributed by atoms with van der Waals surface area (Å²) in [5.74, 6) is -0.584. The molecule has 0 aromatic carbocycles. The van der Waals surface area contributed by atoms with Crippen LogP contribution in [0.2, 0.25) is 0 Å². The number of quaternary nitrogens is 1. The summed E-state index contributed by atoms with van der Waals surface area (Å²) < 4.78 is 0. The maximum atomic E-state index is 10.4. The molecular formula is C5H12NO2S+. The molecule has 0 aromatic rings. The predicted octanol–water partition coefficient (Wildman–Crippen LogP) is -0.609.